The first-order valence-corrected chi connectivity index (χ1v) is 13.9. The number of amidine groups is 1. The number of nitrogens with zero attached hydrogens (tertiary/aromatic N) is 2. The van der Waals surface area contributed by atoms with Gasteiger partial charge in [0.1, 0.15) is 6.54 Å². The van der Waals surface area contributed by atoms with Crippen molar-refractivity contribution in [3.63, 3.8) is 0 Å². The summed E-state index contributed by atoms with van der Waals surface area (Å²) < 4.78 is 0.719. The topological polar surface area (TPSA) is 32.6 Å². The zero-order chi connectivity index (χ0) is 22.6. The van der Waals surface area contributed by atoms with Crippen LogP contribution in [0.2, 0.25) is 0 Å². The maximum Gasteiger partial charge on any atom is 0.200 e. The fourth-order valence-corrected chi connectivity index (χ4v) is 5.06. The molecule has 1 heterocycles. The van der Waals surface area contributed by atoms with Crippen molar-refractivity contribution in [2.24, 2.45) is 4.99 Å². The minimum atomic E-state index is -0.316. The molecule has 0 radical (unpaired) electrons. The molecule has 31 heavy (non-hydrogen) atoms. The Morgan fingerprint density at radius 1 is 0.774 bits per heavy atom. The van der Waals surface area contributed by atoms with E-state index >= 15 is 0 Å². The van der Waals surface area contributed by atoms with E-state index in [-0.39, 0.29) is 6.23 Å². The molecule has 1 aliphatic heterocycles. The summed E-state index contributed by atoms with van der Waals surface area (Å²) in [7, 11) is 0. The molecule has 0 saturated heterocycles. The van der Waals surface area contributed by atoms with E-state index in [1.165, 1.54) is 115 Å². The van der Waals surface area contributed by atoms with E-state index in [9.17, 15) is 5.11 Å². The van der Waals surface area contributed by atoms with Crippen molar-refractivity contribution in [2.75, 3.05) is 19.6 Å². The summed E-state index contributed by atoms with van der Waals surface area (Å²) in [6, 6.07) is 0. The van der Waals surface area contributed by atoms with Crippen LogP contribution in [0.3, 0.4) is 0 Å². The second-order valence-corrected chi connectivity index (χ2v) is 9.73. The second kappa shape index (κ2) is 18.9. The average Bonchev–Trinajstić information content (AvgIpc) is 3.19. The molecule has 0 amide bonds. The first-order valence-electron chi connectivity index (χ1n) is 13.9. The Morgan fingerprint density at radius 3 is 1.71 bits per heavy atom. The molecule has 0 aromatic heterocycles. The van der Waals surface area contributed by atoms with E-state index in [0.717, 1.165) is 30.5 Å². The largest absolute Gasteiger partial charge is 0.345 e. The van der Waals surface area contributed by atoms with E-state index in [2.05, 4.69) is 26.0 Å². The molecule has 0 aromatic rings. The minimum Gasteiger partial charge on any atom is -0.345 e. The smallest absolute Gasteiger partial charge is 0.200 e. The molecule has 2 atom stereocenters. The number of aliphatic hydroxyl groups is 1. The highest BCUT2D eigenvalue weighted by molar-refractivity contribution is 5.76. The van der Waals surface area contributed by atoms with E-state index in [1.807, 2.05) is 6.92 Å². The van der Waals surface area contributed by atoms with Gasteiger partial charge >= 0.3 is 0 Å². The van der Waals surface area contributed by atoms with Gasteiger partial charge in [-0.05, 0) is 32.6 Å². The molecule has 3 nitrogen and oxygen atoms in total. The Bertz CT molecular complexity index is 472. The Kier molecular flexibility index (Phi) is 17.3. The number of allylic oxidation sites excluding steroid dienone is 2. The summed E-state index contributed by atoms with van der Waals surface area (Å²) in [5, 5.41) is 10.2. The molecule has 182 valence electrons. The van der Waals surface area contributed by atoms with Crippen LogP contribution < -0.4 is 0 Å². The van der Waals surface area contributed by atoms with Gasteiger partial charge in [-0.25, -0.2) is 4.99 Å². The molecule has 0 spiro atoms. The Balaban J connectivity index is 1.83. The van der Waals surface area contributed by atoms with Crippen LogP contribution in [0, 0.1) is 0 Å². The van der Waals surface area contributed by atoms with Crippen LogP contribution >= 0.6 is 0 Å². The van der Waals surface area contributed by atoms with Gasteiger partial charge in [0.25, 0.3) is 0 Å². The predicted octanol–water partition coefficient (Wildman–Crippen LogP) is 8.17. The van der Waals surface area contributed by atoms with Crippen LogP contribution in [0.4, 0.5) is 0 Å². The number of rotatable bonds is 21. The SMILES string of the molecule is CC/C=C/CCCCCCCCCCCCCCCCCC1=NCC[N+]1(CC)C(C)O. The van der Waals surface area contributed by atoms with Gasteiger partial charge in [-0.2, -0.15) is 0 Å². The number of hydrogen-bond acceptors (Lipinski definition) is 2. The highest BCUT2D eigenvalue weighted by atomic mass is 16.3. The van der Waals surface area contributed by atoms with Crippen molar-refractivity contribution < 1.29 is 9.59 Å². The maximum atomic E-state index is 10.2. The lowest BCUT2D eigenvalue weighted by Gasteiger charge is -2.36. The van der Waals surface area contributed by atoms with Crippen LogP contribution in [-0.2, 0) is 0 Å². The number of unbranched alkanes of at least 4 members (excludes halogenated alkanes) is 15. The quantitative estimate of drug-likeness (QED) is 0.110. The summed E-state index contributed by atoms with van der Waals surface area (Å²) >= 11 is 0. The number of aliphatic hydroxyl groups excluding tert-OH is 1. The summed E-state index contributed by atoms with van der Waals surface area (Å²) in [6.45, 7) is 9.17. The van der Waals surface area contributed by atoms with Crippen molar-refractivity contribution in [3.05, 3.63) is 12.2 Å². The molecule has 2 unspecified atom stereocenters. The van der Waals surface area contributed by atoms with Gasteiger partial charge in [-0.15, -0.1) is 0 Å². The van der Waals surface area contributed by atoms with E-state index in [1.54, 1.807) is 0 Å². The van der Waals surface area contributed by atoms with Gasteiger partial charge < -0.3 is 5.11 Å². The zero-order valence-corrected chi connectivity index (χ0v) is 21.4. The van der Waals surface area contributed by atoms with Gasteiger partial charge in [0.15, 0.2) is 6.23 Å². The molecular formula is C28H55N2O+. The van der Waals surface area contributed by atoms with Crippen LogP contribution in [0.15, 0.2) is 17.1 Å². The Hall–Kier alpha value is -0.670. The number of likely N-dealkylation sites (N-methyl/N-ethyl adjacent to an activating group) is 1. The molecule has 3 heteroatoms. The van der Waals surface area contributed by atoms with Crippen LogP contribution in [-0.4, -0.2) is 41.3 Å². The van der Waals surface area contributed by atoms with Crippen molar-refractivity contribution in [1.82, 2.24) is 0 Å². The average molecular weight is 436 g/mol. The maximum absolute atomic E-state index is 10.2. The third-order valence-corrected chi connectivity index (χ3v) is 7.26. The van der Waals surface area contributed by atoms with Gasteiger partial charge in [0.05, 0.1) is 13.1 Å². The summed E-state index contributed by atoms with van der Waals surface area (Å²) in [4.78, 5) is 4.72. The monoisotopic (exact) mass is 435 g/mol. The normalized spacial score (nSPS) is 19.9. The molecule has 0 bridgehead atoms. The van der Waals surface area contributed by atoms with Crippen LogP contribution in [0.5, 0.6) is 0 Å². The Labute approximate surface area is 195 Å². The number of hydrogen-bond donors (Lipinski definition) is 1. The van der Waals surface area contributed by atoms with E-state index < -0.39 is 0 Å². The van der Waals surface area contributed by atoms with Crippen LogP contribution in [0.25, 0.3) is 0 Å². The highest BCUT2D eigenvalue weighted by Crippen LogP contribution is 2.23. The van der Waals surface area contributed by atoms with E-state index in [0.29, 0.717) is 0 Å². The molecule has 0 fully saturated rings. The number of aliphatic imine (C=N–C) groups is 1. The lowest BCUT2D eigenvalue weighted by Crippen LogP contribution is -2.56. The van der Waals surface area contributed by atoms with Crippen molar-refractivity contribution in [3.8, 4) is 0 Å². The van der Waals surface area contributed by atoms with E-state index in [4.69, 9.17) is 4.99 Å². The fourth-order valence-electron chi connectivity index (χ4n) is 5.06. The van der Waals surface area contributed by atoms with Crippen LogP contribution in [0.1, 0.15) is 136 Å². The van der Waals surface area contributed by atoms with Gasteiger partial charge in [0.2, 0.25) is 5.84 Å². The molecule has 1 aliphatic rings. The minimum absolute atomic E-state index is 0.316. The third-order valence-electron chi connectivity index (χ3n) is 7.26. The lowest BCUT2D eigenvalue weighted by molar-refractivity contribution is -0.882. The molecule has 0 saturated carbocycles. The van der Waals surface area contributed by atoms with Gasteiger partial charge in [0, 0.05) is 13.3 Å². The zero-order valence-electron chi connectivity index (χ0n) is 21.4. The first-order chi connectivity index (χ1) is 15.2. The third kappa shape index (κ3) is 12.2. The summed E-state index contributed by atoms with van der Waals surface area (Å²) in [5.74, 6) is 1.25. The standard InChI is InChI=1S/C28H55N2O/c1-4-6-7-8-9-10-11-12-13-14-15-16-17-18-19-20-21-22-23-24-28-29-25-26-30(28,5-2)27(3)31/h6-7,27,31H,4-5,8-26H2,1-3H3/q+1/b7-6+. The Morgan fingerprint density at radius 2 is 1.26 bits per heavy atom. The van der Waals surface area contributed by atoms with Gasteiger partial charge in [-0.3, -0.25) is 4.48 Å². The molecule has 0 aliphatic carbocycles. The first kappa shape index (κ1) is 28.4. The van der Waals surface area contributed by atoms with Crippen molar-refractivity contribution in [1.29, 1.82) is 0 Å². The molecule has 1 N–H and O–H groups in total. The second-order valence-electron chi connectivity index (χ2n) is 9.73. The lowest BCUT2D eigenvalue weighted by atomic mass is 10.0. The molecular weight excluding hydrogens is 380 g/mol. The molecule has 0 aromatic carbocycles. The highest BCUT2D eigenvalue weighted by Gasteiger charge is 2.40. The summed E-state index contributed by atoms with van der Waals surface area (Å²) in [5.41, 5.74) is 0. The number of quaternary nitrogens is 1. The molecule has 1 rings (SSSR count). The fraction of sp³-hybridized carbons (Fsp3) is 0.893. The van der Waals surface area contributed by atoms with Crippen molar-refractivity contribution in [2.45, 2.75) is 143 Å². The van der Waals surface area contributed by atoms with Crippen molar-refractivity contribution >= 4 is 5.84 Å². The van der Waals surface area contributed by atoms with Gasteiger partial charge in [-0.1, -0.05) is 103 Å². The summed E-state index contributed by atoms with van der Waals surface area (Å²) in [6.07, 6.45) is 28.9. The predicted molar refractivity (Wildman–Crippen MR) is 138 cm³/mol.